The third kappa shape index (κ3) is 4.41. The summed E-state index contributed by atoms with van der Waals surface area (Å²) in [7, 11) is 3.18. The van der Waals surface area contributed by atoms with E-state index in [1.807, 2.05) is 6.07 Å². The molecule has 1 N–H and O–H groups in total. The first-order chi connectivity index (χ1) is 16.5. The molecule has 1 saturated heterocycles. The Morgan fingerprint density at radius 3 is 2.71 bits per heavy atom. The van der Waals surface area contributed by atoms with Crippen LogP contribution in [0.5, 0.6) is 16.7 Å². The summed E-state index contributed by atoms with van der Waals surface area (Å²) < 4.78 is 30.9. The number of nitrogens with one attached hydrogen (secondary N) is 1. The summed E-state index contributed by atoms with van der Waals surface area (Å²) >= 11 is 1.33. The summed E-state index contributed by atoms with van der Waals surface area (Å²) in [6.07, 6.45) is 1.31. The summed E-state index contributed by atoms with van der Waals surface area (Å²) in [5, 5.41) is 7.69. The largest absolute Gasteiger partial charge is 0.497 e. The Labute approximate surface area is 199 Å². The summed E-state index contributed by atoms with van der Waals surface area (Å²) in [5.41, 5.74) is 2.47. The number of amides is 1. The van der Waals surface area contributed by atoms with Crippen molar-refractivity contribution in [2.24, 2.45) is 0 Å². The quantitative estimate of drug-likeness (QED) is 0.435. The molecule has 4 aromatic rings. The van der Waals surface area contributed by atoms with Gasteiger partial charge in [-0.05, 0) is 42.5 Å². The van der Waals surface area contributed by atoms with Crippen molar-refractivity contribution in [3.63, 3.8) is 0 Å². The highest BCUT2D eigenvalue weighted by molar-refractivity contribution is 7.20. The minimum Gasteiger partial charge on any atom is -0.497 e. The summed E-state index contributed by atoms with van der Waals surface area (Å²) in [6.45, 7) is 1.11. The van der Waals surface area contributed by atoms with Crippen LogP contribution in [0.1, 0.15) is 23.3 Å². The van der Waals surface area contributed by atoms with Crippen molar-refractivity contribution in [1.29, 1.82) is 0 Å². The number of halogens is 1. The number of aromatic amines is 1. The van der Waals surface area contributed by atoms with E-state index in [1.165, 1.54) is 23.5 Å². The molecule has 0 atom stereocenters. The van der Waals surface area contributed by atoms with Gasteiger partial charge in [-0.15, -0.1) is 0 Å². The van der Waals surface area contributed by atoms with E-state index < -0.39 is 0 Å². The molecule has 0 bridgehead atoms. The molecule has 0 radical (unpaired) electrons. The van der Waals surface area contributed by atoms with Crippen molar-refractivity contribution in [2.75, 3.05) is 27.3 Å². The van der Waals surface area contributed by atoms with E-state index >= 15 is 0 Å². The number of hydrogen-bond donors (Lipinski definition) is 1. The van der Waals surface area contributed by atoms with Crippen LogP contribution in [-0.2, 0) is 0 Å². The van der Waals surface area contributed by atoms with Crippen LogP contribution in [0.15, 0.2) is 42.5 Å². The number of rotatable bonds is 6. The molecular weight excluding hydrogens is 459 g/mol. The number of hydrogen-bond acceptors (Lipinski definition) is 7. The first-order valence-electron chi connectivity index (χ1n) is 10.8. The van der Waals surface area contributed by atoms with E-state index in [1.54, 1.807) is 43.4 Å². The highest BCUT2D eigenvalue weighted by atomic mass is 32.1. The van der Waals surface area contributed by atoms with Crippen molar-refractivity contribution in [3.8, 4) is 28.0 Å². The van der Waals surface area contributed by atoms with Gasteiger partial charge in [-0.1, -0.05) is 11.3 Å². The zero-order valence-electron chi connectivity index (χ0n) is 18.7. The monoisotopic (exact) mass is 482 g/mol. The van der Waals surface area contributed by atoms with Gasteiger partial charge in [0.05, 0.1) is 30.1 Å². The molecule has 0 unspecified atom stereocenters. The molecule has 0 saturated carbocycles. The number of benzene rings is 2. The lowest BCUT2D eigenvalue weighted by Crippen LogP contribution is -2.41. The van der Waals surface area contributed by atoms with E-state index in [2.05, 4.69) is 15.2 Å². The maximum absolute atomic E-state index is 13.4. The van der Waals surface area contributed by atoms with Gasteiger partial charge >= 0.3 is 0 Å². The number of piperidine rings is 1. The SMILES string of the molecule is COc1ccc(OC)c(-c2cc(C(=O)N3CCC(Oc4nc5ccc(F)cc5s4)CC3)[nH]n2)c1. The third-order valence-electron chi connectivity index (χ3n) is 5.82. The Morgan fingerprint density at radius 2 is 1.94 bits per heavy atom. The van der Waals surface area contributed by atoms with Crippen molar-refractivity contribution in [1.82, 2.24) is 20.1 Å². The fourth-order valence-corrected chi connectivity index (χ4v) is 4.91. The van der Waals surface area contributed by atoms with Gasteiger partial charge in [0, 0.05) is 31.5 Å². The number of likely N-dealkylation sites (tertiary alicyclic amines) is 1. The fraction of sp³-hybridized carbons (Fsp3) is 0.292. The van der Waals surface area contributed by atoms with Gasteiger partial charge in [-0.2, -0.15) is 5.10 Å². The second-order valence-corrected chi connectivity index (χ2v) is 8.93. The maximum atomic E-state index is 13.4. The Bertz CT molecular complexity index is 1330. The van der Waals surface area contributed by atoms with Crippen LogP contribution in [0.3, 0.4) is 0 Å². The molecule has 176 valence electrons. The molecule has 1 aliphatic heterocycles. The van der Waals surface area contributed by atoms with Crippen LogP contribution in [0.2, 0.25) is 0 Å². The molecule has 1 aliphatic rings. The molecule has 5 rings (SSSR count). The number of nitrogens with zero attached hydrogens (tertiary/aromatic N) is 3. The van der Waals surface area contributed by atoms with Gasteiger partial charge in [0.15, 0.2) is 0 Å². The van der Waals surface area contributed by atoms with Crippen molar-refractivity contribution >= 4 is 27.5 Å². The lowest BCUT2D eigenvalue weighted by molar-refractivity contribution is 0.0590. The lowest BCUT2D eigenvalue weighted by Gasteiger charge is -2.31. The van der Waals surface area contributed by atoms with E-state index in [4.69, 9.17) is 14.2 Å². The van der Waals surface area contributed by atoms with E-state index in [0.717, 1.165) is 15.8 Å². The average Bonchev–Trinajstić information content (AvgIpc) is 3.50. The second-order valence-electron chi connectivity index (χ2n) is 7.93. The molecule has 3 heterocycles. The summed E-state index contributed by atoms with van der Waals surface area (Å²) in [4.78, 5) is 19.3. The van der Waals surface area contributed by atoms with Crippen LogP contribution in [-0.4, -0.2) is 59.4 Å². The normalized spacial score (nSPS) is 14.4. The average molecular weight is 483 g/mol. The molecule has 2 aromatic heterocycles. The molecule has 0 aliphatic carbocycles. The Balaban J connectivity index is 1.23. The molecular formula is C24H23FN4O4S. The highest BCUT2D eigenvalue weighted by Crippen LogP contribution is 2.33. The third-order valence-corrected chi connectivity index (χ3v) is 6.73. The first-order valence-corrected chi connectivity index (χ1v) is 11.7. The number of fused-ring (bicyclic) bond motifs is 1. The van der Waals surface area contributed by atoms with Gasteiger partial charge < -0.3 is 19.1 Å². The van der Waals surface area contributed by atoms with Crippen LogP contribution in [0.25, 0.3) is 21.5 Å². The van der Waals surface area contributed by atoms with E-state index in [9.17, 15) is 9.18 Å². The number of carbonyl (C=O) groups is 1. The van der Waals surface area contributed by atoms with Gasteiger partial charge in [0.1, 0.15) is 29.1 Å². The molecule has 2 aromatic carbocycles. The zero-order valence-corrected chi connectivity index (χ0v) is 19.5. The Hall–Kier alpha value is -3.66. The van der Waals surface area contributed by atoms with E-state index in [-0.39, 0.29) is 17.8 Å². The minimum atomic E-state index is -0.290. The Morgan fingerprint density at radius 1 is 1.12 bits per heavy atom. The number of H-pyrrole nitrogens is 1. The molecule has 1 fully saturated rings. The predicted molar refractivity (Wildman–Crippen MR) is 126 cm³/mol. The number of methoxy groups -OCH3 is 2. The summed E-state index contributed by atoms with van der Waals surface area (Å²) in [5.74, 6) is 0.907. The first kappa shape index (κ1) is 22.1. The van der Waals surface area contributed by atoms with Gasteiger partial charge in [0.25, 0.3) is 11.1 Å². The van der Waals surface area contributed by atoms with Gasteiger partial charge in [0.2, 0.25) is 0 Å². The second kappa shape index (κ2) is 9.30. The smallest absolute Gasteiger partial charge is 0.274 e. The van der Waals surface area contributed by atoms with Gasteiger partial charge in [-0.3, -0.25) is 9.89 Å². The number of ether oxygens (including phenoxy) is 3. The van der Waals surface area contributed by atoms with Crippen LogP contribution >= 0.6 is 11.3 Å². The molecule has 8 nitrogen and oxygen atoms in total. The van der Waals surface area contributed by atoms with Crippen LogP contribution < -0.4 is 14.2 Å². The summed E-state index contributed by atoms with van der Waals surface area (Å²) in [6, 6.07) is 11.7. The standard InChI is InChI=1S/C24H23FN4O4S/c1-31-16-4-6-21(32-2)17(12-16)19-13-20(28-27-19)23(30)29-9-7-15(8-10-29)33-24-26-18-5-3-14(25)11-22(18)34-24/h3-6,11-13,15H,7-10H2,1-2H3,(H,27,28). The highest BCUT2D eigenvalue weighted by Gasteiger charge is 2.27. The molecule has 34 heavy (non-hydrogen) atoms. The topological polar surface area (TPSA) is 89.6 Å². The van der Waals surface area contributed by atoms with Crippen molar-refractivity contribution in [2.45, 2.75) is 18.9 Å². The maximum Gasteiger partial charge on any atom is 0.274 e. The minimum absolute atomic E-state index is 0.0483. The molecule has 10 heteroatoms. The fourth-order valence-electron chi connectivity index (χ4n) is 4.00. The number of thiazole rings is 1. The zero-order chi connectivity index (χ0) is 23.7. The number of aromatic nitrogens is 3. The van der Waals surface area contributed by atoms with Crippen molar-refractivity contribution < 1.29 is 23.4 Å². The molecule has 1 amide bonds. The van der Waals surface area contributed by atoms with Crippen LogP contribution in [0, 0.1) is 5.82 Å². The Kier molecular flexibility index (Phi) is 6.06. The molecule has 0 spiro atoms. The van der Waals surface area contributed by atoms with E-state index in [0.29, 0.717) is 54.0 Å². The predicted octanol–water partition coefficient (Wildman–Crippen LogP) is 4.53. The van der Waals surface area contributed by atoms with Crippen molar-refractivity contribution in [3.05, 3.63) is 54.0 Å². The lowest BCUT2D eigenvalue weighted by atomic mass is 10.1. The van der Waals surface area contributed by atoms with Gasteiger partial charge in [-0.25, -0.2) is 9.37 Å². The number of carbonyl (C=O) groups excluding carboxylic acids is 1. The van der Waals surface area contributed by atoms with Crippen LogP contribution in [0.4, 0.5) is 4.39 Å².